The summed E-state index contributed by atoms with van der Waals surface area (Å²) in [7, 11) is 1.23. The number of carbonyl (C=O) groups excluding carboxylic acids is 3. The molecule has 0 spiro atoms. The Hall–Kier alpha value is -4.53. The largest absolute Gasteiger partial charge is 0.507 e. The fourth-order valence-corrected chi connectivity index (χ4v) is 3.83. The number of carbonyl (C=O) groups is 3. The van der Waals surface area contributed by atoms with Crippen molar-refractivity contribution in [1.29, 1.82) is 0 Å². The second-order valence-electron chi connectivity index (χ2n) is 7.61. The fraction of sp³-hybridized carbons (Fsp3) is 0.160. The van der Waals surface area contributed by atoms with E-state index >= 15 is 0 Å². The summed E-state index contributed by atoms with van der Waals surface area (Å²) in [5.41, 5.74) is -2.01. The highest BCUT2D eigenvalue weighted by Crippen LogP contribution is 2.53. The van der Waals surface area contributed by atoms with E-state index in [4.69, 9.17) is 4.74 Å². The highest BCUT2D eigenvalue weighted by molar-refractivity contribution is 6.10. The third-order valence-corrected chi connectivity index (χ3v) is 5.43. The molecule has 5 N–H and O–H groups in total. The first-order chi connectivity index (χ1) is 15.9. The Morgan fingerprint density at radius 3 is 1.56 bits per heavy atom. The van der Waals surface area contributed by atoms with E-state index in [1.807, 2.05) is 0 Å². The van der Waals surface area contributed by atoms with Crippen LogP contribution in [0.3, 0.4) is 0 Å². The Morgan fingerprint density at radius 2 is 1.12 bits per heavy atom. The first-order valence-corrected chi connectivity index (χ1v) is 9.99. The molecule has 0 bridgehead atoms. The number of aromatic hydroxyl groups is 5. The molecule has 0 amide bonds. The standard InChI is InChI=1S/C25H22O9/c1-10(26)13-5-7-16(29)20(23(13)31)15-9-18(34-4)19(12(3)28)22(25(15)33)21-17(30)8-6-14(11(2)27)24(21)32/h5-9,29-33H,1-4H3. The predicted molar refractivity (Wildman–Crippen MR) is 122 cm³/mol. The SMILES string of the molecule is COc1cc(-c2c(O)ccc(C(C)=O)c2O)c(O)c(-c2c(O)ccc(C(C)=O)c2O)c1C(C)=O. The van der Waals surface area contributed by atoms with E-state index in [0.29, 0.717) is 0 Å². The van der Waals surface area contributed by atoms with Crippen molar-refractivity contribution >= 4 is 17.3 Å². The number of phenolic OH excluding ortho intramolecular Hbond substituents is 5. The molecule has 0 heterocycles. The topological polar surface area (TPSA) is 162 Å². The first kappa shape index (κ1) is 24.1. The van der Waals surface area contributed by atoms with Crippen LogP contribution >= 0.6 is 0 Å². The molecule has 9 nitrogen and oxygen atoms in total. The van der Waals surface area contributed by atoms with Gasteiger partial charge >= 0.3 is 0 Å². The van der Waals surface area contributed by atoms with Crippen LogP contribution in [0.15, 0.2) is 30.3 Å². The van der Waals surface area contributed by atoms with Gasteiger partial charge < -0.3 is 30.3 Å². The van der Waals surface area contributed by atoms with Crippen molar-refractivity contribution in [3.63, 3.8) is 0 Å². The summed E-state index contributed by atoms with van der Waals surface area (Å²) in [5.74, 6) is -4.96. The molecule has 0 fully saturated rings. The maximum absolute atomic E-state index is 12.6. The minimum Gasteiger partial charge on any atom is -0.507 e. The lowest BCUT2D eigenvalue weighted by molar-refractivity contribution is 0.100. The molecule has 3 aromatic carbocycles. The summed E-state index contributed by atoms with van der Waals surface area (Å²) >= 11 is 0. The molecule has 0 atom stereocenters. The number of rotatable bonds is 6. The first-order valence-electron chi connectivity index (χ1n) is 9.99. The van der Waals surface area contributed by atoms with Gasteiger partial charge in [0.15, 0.2) is 17.3 Å². The van der Waals surface area contributed by atoms with Crippen LogP contribution in [0.1, 0.15) is 51.8 Å². The Morgan fingerprint density at radius 1 is 0.647 bits per heavy atom. The van der Waals surface area contributed by atoms with Gasteiger partial charge in [0.05, 0.1) is 34.9 Å². The number of Topliss-reactive ketones (excluding diaryl/α,β-unsaturated/α-hetero) is 3. The average Bonchev–Trinajstić information content (AvgIpc) is 2.74. The highest BCUT2D eigenvalue weighted by Gasteiger charge is 2.30. The van der Waals surface area contributed by atoms with Gasteiger partial charge in [-0.3, -0.25) is 14.4 Å². The van der Waals surface area contributed by atoms with E-state index in [-0.39, 0.29) is 33.6 Å². The summed E-state index contributed by atoms with van der Waals surface area (Å²) < 4.78 is 5.31. The van der Waals surface area contributed by atoms with Crippen molar-refractivity contribution in [3.05, 3.63) is 47.0 Å². The Bertz CT molecular complexity index is 1370. The van der Waals surface area contributed by atoms with Crippen LogP contribution in [-0.2, 0) is 0 Å². The molecule has 0 saturated carbocycles. The lowest BCUT2D eigenvalue weighted by Gasteiger charge is -2.21. The van der Waals surface area contributed by atoms with Crippen LogP contribution in [0.5, 0.6) is 34.5 Å². The molecule has 9 heteroatoms. The summed E-state index contributed by atoms with van der Waals surface area (Å²) in [4.78, 5) is 36.5. The van der Waals surface area contributed by atoms with Crippen LogP contribution in [-0.4, -0.2) is 50.0 Å². The number of hydrogen-bond donors (Lipinski definition) is 5. The lowest BCUT2D eigenvalue weighted by atomic mass is 9.87. The van der Waals surface area contributed by atoms with E-state index in [0.717, 1.165) is 25.1 Å². The van der Waals surface area contributed by atoms with Crippen LogP contribution < -0.4 is 4.74 Å². The Labute approximate surface area is 194 Å². The molecule has 0 aromatic heterocycles. The summed E-state index contributed by atoms with van der Waals surface area (Å²) in [6.45, 7) is 3.54. The maximum atomic E-state index is 12.6. The maximum Gasteiger partial charge on any atom is 0.164 e. The lowest BCUT2D eigenvalue weighted by Crippen LogP contribution is -2.04. The molecule has 3 aromatic rings. The van der Waals surface area contributed by atoms with Gasteiger partial charge in [0.1, 0.15) is 34.5 Å². The number of methoxy groups -OCH3 is 1. The fourth-order valence-electron chi connectivity index (χ4n) is 3.83. The van der Waals surface area contributed by atoms with Crippen molar-refractivity contribution in [2.24, 2.45) is 0 Å². The molecule has 0 radical (unpaired) electrons. The third-order valence-electron chi connectivity index (χ3n) is 5.43. The Balaban J connectivity index is 2.58. The van der Waals surface area contributed by atoms with Crippen molar-refractivity contribution in [2.75, 3.05) is 7.11 Å². The molecule has 3 rings (SSSR count). The normalized spacial score (nSPS) is 10.7. The van der Waals surface area contributed by atoms with Gasteiger partial charge in [-0.15, -0.1) is 0 Å². The van der Waals surface area contributed by atoms with E-state index in [9.17, 15) is 39.9 Å². The number of benzene rings is 3. The molecule has 0 aliphatic heterocycles. The quantitative estimate of drug-likeness (QED) is 0.336. The zero-order valence-electron chi connectivity index (χ0n) is 18.8. The monoisotopic (exact) mass is 466 g/mol. The number of ether oxygens (including phenoxy) is 1. The van der Waals surface area contributed by atoms with Gasteiger partial charge in [0.25, 0.3) is 0 Å². The number of ketones is 3. The van der Waals surface area contributed by atoms with Crippen LogP contribution in [0, 0.1) is 0 Å². The second-order valence-corrected chi connectivity index (χ2v) is 7.61. The van der Waals surface area contributed by atoms with Crippen LogP contribution in [0.4, 0.5) is 0 Å². The predicted octanol–water partition coefficient (Wildman–Crippen LogP) is 4.17. The van der Waals surface area contributed by atoms with Gasteiger partial charge in [0, 0.05) is 11.1 Å². The third kappa shape index (κ3) is 3.77. The van der Waals surface area contributed by atoms with E-state index < -0.39 is 57.2 Å². The second kappa shape index (κ2) is 8.78. The molecule has 34 heavy (non-hydrogen) atoms. The van der Waals surface area contributed by atoms with Crippen molar-refractivity contribution in [3.8, 4) is 56.8 Å². The summed E-state index contributed by atoms with van der Waals surface area (Å²) in [5, 5.41) is 53.8. The number of hydrogen-bond acceptors (Lipinski definition) is 9. The molecule has 0 saturated heterocycles. The van der Waals surface area contributed by atoms with Gasteiger partial charge in [-0.05, 0) is 51.1 Å². The Kier molecular flexibility index (Phi) is 6.23. The summed E-state index contributed by atoms with van der Waals surface area (Å²) in [6.07, 6.45) is 0. The average molecular weight is 466 g/mol. The van der Waals surface area contributed by atoms with Crippen LogP contribution in [0.2, 0.25) is 0 Å². The van der Waals surface area contributed by atoms with Crippen molar-refractivity contribution in [2.45, 2.75) is 20.8 Å². The molecule has 0 aliphatic carbocycles. The molecular formula is C25H22O9. The number of phenols is 5. The molecule has 0 aliphatic rings. The smallest absolute Gasteiger partial charge is 0.164 e. The molecule has 0 unspecified atom stereocenters. The van der Waals surface area contributed by atoms with E-state index in [1.54, 1.807) is 0 Å². The van der Waals surface area contributed by atoms with Crippen molar-refractivity contribution < 1.29 is 44.7 Å². The zero-order chi connectivity index (χ0) is 25.5. The minimum absolute atomic E-state index is 0.130. The van der Waals surface area contributed by atoms with E-state index in [2.05, 4.69) is 0 Å². The molecular weight excluding hydrogens is 444 g/mol. The van der Waals surface area contributed by atoms with Crippen molar-refractivity contribution in [1.82, 2.24) is 0 Å². The van der Waals surface area contributed by atoms with E-state index in [1.165, 1.54) is 33.1 Å². The van der Waals surface area contributed by atoms with Gasteiger partial charge in [-0.25, -0.2) is 0 Å². The minimum atomic E-state index is -0.733. The van der Waals surface area contributed by atoms with Gasteiger partial charge in [-0.2, -0.15) is 0 Å². The summed E-state index contributed by atoms with van der Waals surface area (Å²) in [6, 6.07) is 5.79. The molecule has 176 valence electrons. The van der Waals surface area contributed by atoms with Gasteiger partial charge in [-0.1, -0.05) is 0 Å². The highest BCUT2D eigenvalue weighted by atomic mass is 16.5. The van der Waals surface area contributed by atoms with Gasteiger partial charge in [0.2, 0.25) is 0 Å². The van der Waals surface area contributed by atoms with Crippen LogP contribution in [0.25, 0.3) is 22.3 Å². The zero-order valence-corrected chi connectivity index (χ0v) is 18.8.